The number of nitrogens with two attached hydrogens (primary N) is 1. The molecular weight excluding hydrogens is 200 g/mol. The maximum Gasteiger partial charge on any atom is 0.122 e. The third kappa shape index (κ3) is 2.91. The molecule has 0 radical (unpaired) electrons. The molecule has 1 aromatic rings. The maximum atomic E-state index is 8.69. The van der Waals surface area contributed by atoms with Crippen LogP contribution in [-0.4, -0.2) is 12.6 Å². The molecule has 1 atom stereocenters. The van der Waals surface area contributed by atoms with Gasteiger partial charge in [-0.3, -0.25) is 0 Å². The molecule has 1 aromatic carbocycles. The van der Waals surface area contributed by atoms with Crippen molar-refractivity contribution in [3.8, 4) is 11.8 Å². The third-order valence-electron chi connectivity index (χ3n) is 1.67. The fraction of sp³-hybridized carbons (Fsp3) is 0.300. The first kappa shape index (κ1) is 10.8. The molecule has 0 amide bonds. The summed E-state index contributed by atoms with van der Waals surface area (Å²) in [5.74, 6) is 0.576. The molecule has 0 aliphatic heterocycles. The lowest BCUT2D eigenvalue weighted by Crippen LogP contribution is -2.22. The highest BCUT2D eigenvalue weighted by atomic mass is 35.5. The fourth-order valence-corrected chi connectivity index (χ4v) is 1.20. The summed E-state index contributed by atoms with van der Waals surface area (Å²) in [5.41, 5.74) is 5.89. The van der Waals surface area contributed by atoms with Crippen molar-refractivity contribution >= 4 is 11.6 Å². The Hall–Kier alpha value is -1.24. The van der Waals surface area contributed by atoms with Crippen LogP contribution in [0.5, 0.6) is 5.75 Å². The SMILES string of the molecule is CC(CN)Oc1cc(Cl)cc(C#N)c1. The second-order valence-electron chi connectivity index (χ2n) is 2.95. The molecule has 4 heteroatoms. The Kier molecular flexibility index (Phi) is 3.75. The summed E-state index contributed by atoms with van der Waals surface area (Å²) in [6, 6.07) is 6.89. The van der Waals surface area contributed by atoms with Crippen molar-refractivity contribution in [2.45, 2.75) is 13.0 Å². The quantitative estimate of drug-likeness (QED) is 0.830. The highest BCUT2D eigenvalue weighted by Crippen LogP contribution is 2.21. The molecule has 0 aromatic heterocycles. The first-order chi connectivity index (χ1) is 6.65. The van der Waals surface area contributed by atoms with Gasteiger partial charge in [-0.15, -0.1) is 0 Å². The lowest BCUT2D eigenvalue weighted by Gasteiger charge is -2.12. The van der Waals surface area contributed by atoms with Crippen molar-refractivity contribution in [2.24, 2.45) is 5.73 Å². The molecule has 1 rings (SSSR count). The summed E-state index contributed by atoms with van der Waals surface area (Å²) in [7, 11) is 0. The highest BCUT2D eigenvalue weighted by molar-refractivity contribution is 6.30. The normalized spacial score (nSPS) is 11.9. The molecule has 0 aliphatic rings. The number of benzene rings is 1. The number of nitriles is 1. The summed E-state index contributed by atoms with van der Waals surface area (Å²) in [6.07, 6.45) is -0.0833. The van der Waals surface area contributed by atoms with E-state index in [9.17, 15) is 0 Å². The first-order valence-electron chi connectivity index (χ1n) is 4.23. The molecule has 74 valence electrons. The van der Waals surface area contributed by atoms with Crippen LogP contribution in [0.3, 0.4) is 0 Å². The van der Waals surface area contributed by atoms with E-state index in [1.807, 2.05) is 13.0 Å². The number of ether oxygens (including phenoxy) is 1. The van der Waals surface area contributed by atoms with Gasteiger partial charge < -0.3 is 10.5 Å². The van der Waals surface area contributed by atoms with E-state index in [1.54, 1.807) is 18.2 Å². The number of rotatable bonds is 3. The van der Waals surface area contributed by atoms with E-state index < -0.39 is 0 Å². The fourth-order valence-electron chi connectivity index (χ4n) is 0.976. The first-order valence-corrected chi connectivity index (χ1v) is 4.61. The van der Waals surface area contributed by atoms with Gasteiger partial charge in [0.25, 0.3) is 0 Å². The Labute approximate surface area is 88.0 Å². The van der Waals surface area contributed by atoms with Crippen LogP contribution < -0.4 is 10.5 Å². The minimum atomic E-state index is -0.0833. The van der Waals surface area contributed by atoms with E-state index in [0.29, 0.717) is 22.9 Å². The summed E-state index contributed by atoms with van der Waals surface area (Å²) in [6.45, 7) is 2.28. The largest absolute Gasteiger partial charge is 0.489 e. The highest BCUT2D eigenvalue weighted by Gasteiger charge is 2.04. The Balaban J connectivity index is 2.88. The number of hydrogen-bond acceptors (Lipinski definition) is 3. The second kappa shape index (κ2) is 4.85. The van der Waals surface area contributed by atoms with Gasteiger partial charge in [-0.05, 0) is 25.1 Å². The monoisotopic (exact) mass is 210 g/mol. The average Bonchev–Trinajstić information content (AvgIpc) is 2.16. The smallest absolute Gasteiger partial charge is 0.122 e. The summed E-state index contributed by atoms with van der Waals surface area (Å²) in [5, 5.41) is 9.18. The van der Waals surface area contributed by atoms with Crippen molar-refractivity contribution < 1.29 is 4.74 Å². The van der Waals surface area contributed by atoms with Crippen molar-refractivity contribution in [2.75, 3.05) is 6.54 Å². The van der Waals surface area contributed by atoms with Crippen LogP contribution in [0.1, 0.15) is 12.5 Å². The molecule has 0 fully saturated rings. The van der Waals surface area contributed by atoms with E-state index >= 15 is 0 Å². The van der Waals surface area contributed by atoms with Gasteiger partial charge in [0.1, 0.15) is 11.9 Å². The Bertz CT molecular complexity index is 360. The average molecular weight is 211 g/mol. The van der Waals surface area contributed by atoms with E-state index in [1.165, 1.54) is 0 Å². The third-order valence-corrected chi connectivity index (χ3v) is 1.89. The van der Waals surface area contributed by atoms with E-state index in [0.717, 1.165) is 0 Å². The van der Waals surface area contributed by atoms with E-state index in [4.69, 9.17) is 27.3 Å². The van der Waals surface area contributed by atoms with Gasteiger partial charge in [0.2, 0.25) is 0 Å². The van der Waals surface area contributed by atoms with Crippen LogP contribution in [0.25, 0.3) is 0 Å². The molecule has 14 heavy (non-hydrogen) atoms. The Morgan fingerprint density at radius 2 is 2.29 bits per heavy atom. The van der Waals surface area contributed by atoms with Crippen LogP contribution in [0.2, 0.25) is 5.02 Å². The zero-order chi connectivity index (χ0) is 10.6. The lowest BCUT2D eigenvalue weighted by atomic mass is 10.2. The van der Waals surface area contributed by atoms with Gasteiger partial charge >= 0.3 is 0 Å². The topological polar surface area (TPSA) is 59.0 Å². The van der Waals surface area contributed by atoms with Crippen molar-refractivity contribution in [3.05, 3.63) is 28.8 Å². The number of halogens is 1. The van der Waals surface area contributed by atoms with Gasteiger partial charge in [0, 0.05) is 11.6 Å². The van der Waals surface area contributed by atoms with Gasteiger partial charge in [-0.25, -0.2) is 0 Å². The van der Waals surface area contributed by atoms with Crippen LogP contribution in [0.4, 0.5) is 0 Å². The summed E-state index contributed by atoms with van der Waals surface area (Å²) in [4.78, 5) is 0. The molecular formula is C10H11ClN2O. The van der Waals surface area contributed by atoms with Crippen LogP contribution >= 0.6 is 11.6 Å². The lowest BCUT2D eigenvalue weighted by molar-refractivity contribution is 0.230. The predicted molar refractivity (Wildman–Crippen MR) is 55.3 cm³/mol. The summed E-state index contributed by atoms with van der Waals surface area (Å²) < 4.78 is 5.43. The second-order valence-corrected chi connectivity index (χ2v) is 3.39. The van der Waals surface area contributed by atoms with Gasteiger partial charge in [-0.1, -0.05) is 11.6 Å². The van der Waals surface area contributed by atoms with Gasteiger partial charge in [0.15, 0.2) is 0 Å². The van der Waals surface area contributed by atoms with Crippen LogP contribution in [-0.2, 0) is 0 Å². The zero-order valence-electron chi connectivity index (χ0n) is 7.83. The minimum absolute atomic E-state index is 0.0833. The molecule has 1 unspecified atom stereocenters. The minimum Gasteiger partial charge on any atom is -0.489 e. The maximum absolute atomic E-state index is 8.69. The van der Waals surface area contributed by atoms with Crippen LogP contribution in [0, 0.1) is 11.3 Å². The molecule has 0 saturated heterocycles. The molecule has 3 nitrogen and oxygen atoms in total. The van der Waals surface area contributed by atoms with Crippen molar-refractivity contribution in [3.63, 3.8) is 0 Å². The van der Waals surface area contributed by atoms with Gasteiger partial charge in [0.05, 0.1) is 11.6 Å². The van der Waals surface area contributed by atoms with Crippen molar-refractivity contribution in [1.29, 1.82) is 5.26 Å². The van der Waals surface area contributed by atoms with Gasteiger partial charge in [-0.2, -0.15) is 5.26 Å². The standard InChI is InChI=1S/C10H11ClN2O/c1-7(5-12)14-10-3-8(6-13)2-9(11)4-10/h2-4,7H,5,12H2,1H3. The predicted octanol–water partition coefficient (Wildman–Crippen LogP) is 1.94. The molecule has 0 spiro atoms. The van der Waals surface area contributed by atoms with Crippen LogP contribution in [0.15, 0.2) is 18.2 Å². The van der Waals surface area contributed by atoms with Crippen molar-refractivity contribution in [1.82, 2.24) is 0 Å². The number of nitrogens with zero attached hydrogens (tertiary/aromatic N) is 1. The van der Waals surface area contributed by atoms with E-state index in [2.05, 4.69) is 0 Å². The molecule has 0 bridgehead atoms. The molecule has 2 N–H and O–H groups in total. The molecule has 0 aliphatic carbocycles. The molecule has 0 saturated carbocycles. The summed E-state index contributed by atoms with van der Waals surface area (Å²) >= 11 is 5.79. The Morgan fingerprint density at radius 3 is 2.86 bits per heavy atom. The van der Waals surface area contributed by atoms with E-state index in [-0.39, 0.29) is 6.10 Å². The number of hydrogen-bond donors (Lipinski definition) is 1. The molecule has 0 heterocycles. The zero-order valence-corrected chi connectivity index (χ0v) is 8.58. The Morgan fingerprint density at radius 1 is 1.57 bits per heavy atom.